The number of ketones is 2. The molecule has 0 unspecified atom stereocenters. The van der Waals surface area contributed by atoms with E-state index in [2.05, 4.69) is 22.2 Å². The number of benzene rings is 1. The van der Waals surface area contributed by atoms with Crippen LogP contribution < -0.4 is 15.6 Å². The van der Waals surface area contributed by atoms with Crippen molar-refractivity contribution >= 4 is 29.3 Å². The molecule has 0 saturated heterocycles. The van der Waals surface area contributed by atoms with E-state index in [0.29, 0.717) is 12.0 Å². The molecule has 2 amide bonds. The molecule has 1 aliphatic carbocycles. The van der Waals surface area contributed by atoms with Gasteiger partial charge < -0.3 is 14.4 Å². The Kier molecular flexibility index (Phi) is 11.6. The van der Waals surface area contributed by atoms with Crippen LogP contribution in [0.4, 0.5) is 10.5 Å². The van der Waals surface area contributed by atoms with Gasteiger partial charge in [-0.15, -0.1) is 0 Å². The quantitative estimate of drug-likeness (QED) is 0.153. The summed E-state index contributed by atoms with van der Waals surface area (Å²) in [5, 5.41) is 2.44. The van der Waals surface area contributed by atoms with E-state index in [9.17, 15) is 24.0 Å². The molecule has 4 rings (SSSR count). The molecule has 0 aliphatic heterocycles. The largest absolute Gasteiger partial charge is 0.444 e. The lowest BCUT2D eigenvalue weighted by molar-refractivity contribution is -0.133. The van der Waals surface area contributed by atoms with E-state index in [1.54, 1.807) is 63.2 Å². The third-order valence-electron chi connectivity index (χ3n) is 7.03. The van der Waals surface area contributed by atoms with Crippen molar-refractivity contribution in [2.45, 2.75) is 65.5 Å². The van der Waals surface area contributed by atoms with Crippen molar-refractivity contribution < 1.29 is 28.7 Å². The van der Waals surface area contributed by atoms with Crippen molar-refractivity contribution in [1.82, 2.24) is 19.4 Å². The fourth-order valence-corrected chi connectivity index (χ4v) is 4.76. The van der Waals surface area contributed by atoms with Gasteiger partial charge >= 0.3 is 6.09 Å². The van der Waals surface area contributed by atoms with Gasteiger partial charge in [-0.1, -0.05) is 62.6 Å². The van der Waals surface area contributed by atoms with Gasteiger partial charge in [0.05, 0.1) is 18.3 Å². The summed E-state index contributed by atoms with van der Waals surface area (Å²) >= 11 is 0. The third-order valence-corrected chi connectivity index (χ3v) is 7.03. The van der Waals surface area contributed by atoms with Gasteiger partial charge in [-0.05, 0) is 45.4 Å². The van der Waals surface area contributed by atoms with E-state index < -0.39 is 41.3 Å². The maximum absolute atomic E-state index is 14.1. The highest BCUT2D eigenvalue weighted by molar-refractivity contribution is 6.48. The normalized spacial score (nSPS) is 13.0. The van der Waals surface area contributed by atoms with Crippen molar-refractivity contribution in [1.29, 1.82) is 0 Å². The number of hydrogen-bond donors (Lipinski definition) is 1. The number of amides is 2. The van der Waals surface area contributed by atoms with Crippen LogP contribution in [0, 0.1) is 0 Å². The van der Waals surface area contributed by atoms with Crippen LogP contribution in [-0.2, 0) is 25.7 Å². The lowest BCUT2D eigenvalue weighted by atomic mass is 10.00. The molecule has 1 aromatic carbocycles. The molecule has 2 aromatic heterocycles. The summed E-state index contributed by atoms with van der Waals surface area (Å²) in [5.41, 5.74) is -1.08. The summed E-state index contributed by atoms with van der Waals surface area (Å²) in [6.45, 7) is 6.70. The average molecular weight is 642 g/mol. The van der Waals surface area contributed by atoms with E-state index >= 15 is 0 Å². The first kappa shape index (κ1) is 34.5. The molecule has 2 heterocycles. The lowest BCUT2D eigenvalue weighted by Crippen LogP contribution is -2.41. The highest BCUT2D eigenvalue weighted by Gasteiger charge is 2.30. The molecule has 0 radical (unpaired) electrons. The third kappa shape index (κ3) is 9.55. The molecule has 12 heteroatoms. The molecule has 0 saturated carbocycles. The Morgan fingerprint density at radius 3 is 2.36 bits per heavy atom. The first-order valence-electron chi connectivity index (χ1n) is 15.5. The van der Waals surface area contributed by atoms with Crippen LogP contribution in [0.15, 0.2) is 89.2 Å². The summed E-state index contributed by atoms with van der Waals surface area (Å²) in [6.07, 6.45) is 7.79. The van der Waals surface area contributed by atoms with E-state index in [1.165, 1.54) is 27.9 Å². The lowest BCUT2D eigenvalue weighted by Gasteiger charge is -2.26. The van der Waals surface area contributed by atoms with Gasteiger partial charge in [0.15, 0.2) is 0 Å². The summed E-state index contributed by atoms with van der Waals surface area (Å²) in [5.74, 6) is -1.51. The highest BCUT2D eigenvalue weighted by atomic mass is 16.6. The number of Topliss-reactive ketones (excluding diaryl/α,β-unsaturated/α-hetero) is 1. The Bertz CT molecular complexity index is 1720. The maximum atomic E-state index is 14.1. The van der Waals surface area contributed by atoms with Gasteiger partial charge in [-0.3, -0.25) is 29.1 Å². The van der Waals surface area contributed by atoms with Gasteiger partial charge in [0, 0.05) is 24.4 Å². The Labute approximate surface area is 273 Å². The number of allylic oxidation sites excluding steroid dienone is 2. The second-order valence-corrected chi connectivity index (χ2v) is 11.9. The van der Waals surface area contributed by atoms with E-state index in [1.807, 2.05) is 6.07 Å². The van der Waals surface area contributed by atoms with Crippen LogP contribution in [0.5, 0.6) is 5.88 Å². The van der Waals surface area contributed by atoms with Crippen LogP contribution in [0.3, 0.4) is 0 Å². The smallest absolute Gasteiger partial charge is 0.412 e. The number of ether oxygens (including phenoxy) is 2. The van der Waals surface area contributed by atoms with Gasteiger partial charge in [0.25, 0.3) is 5.56 Å². The SMILES string of the molecule is CCCCCCN(CC1=C(Oc2ccccn2)C=CC(=O)C1=O)C(=O)Cn1c(-c2ccccc2)ncc(NC(=O)OC(C)(C)C)c1=O. The van der Waals surface area contributed by atoms with Crippen molar-refractivity contribution in [2.75, 3.05) is 18.4 Å². The number of nitrogens with zero attached hydrogens (tertiary/aromatic N) is 4. The zero-order valence-corrected chi connectivity index (χ0v) is 27.0. The molecule has 246 valence electrons. The summed E-state index contributed by atoms with van der Waals surface area (Å²) in [6, 6.07) is 13.9. The molecule has 0 fully saturated rings. The molecular weight excluding hydrogens is 602 g/mol. The number of carbonyl (C=O) groups excluding carboxylic acids is 4. The minimum Gasteiger partial charge on any atom is -0.444 e. The first-order chi connectivity index (χ1) is 22.5. The van der Waals surface area contributed by atoms with Gasteiger partial charge in [0.2, 0.25) is 23.4 Å². The predicted octanol–water partition coefficient (Wildman–Crippen LogP) is 5.10. The number of anilines is 1. The molecule has 1 N–H and O–H groups in total. The van der Waals surface area contributed by atoms with Gasteiger partial charge in [-0.2, -0.15) is 0 Å². The number of hydrogen-bond acceptors (Lipinski definition) is 9. The van der Waals surface area contributed by atoms with Gasteiger partial charge in [0.1, 0.15) is 29.4 Å². The minimum absolute atomic E-state index is 0.00101. The van der Waals surface area contributed by atoms with Crippen LogP contribution in [0.2, 0.25) is 0 Å². The van der Waals surface area contributed by atoms with Crippen molar-refractivity contribution in [3.8, 4) is 17.3 Å². The van der Waals surface area contributed by atoms with Crippen LogP contribution in [-0.4, -0.2) is 61.7 Å². The Morgan fingerprint density at radius 1 is 0.936 bits per heavy atom. The van der Waals surface area contributed by atoms with E-state index in [4.69, 9.17) is 9.47 Å². The van der Waals surface area contributed by atoms with E-state index in [0.717, 1.165) is 25.3 Å². The fourth-order valence-electron chi connectivity index (χ4n) is 4.76. The first-order valence-corrected chi connectivity index (χ1v) is 15.5. The molecule has 3 aromatic rings. The Balaban J connectivity index is 1.71. The predicted molar refractivity (Wildman–Crippen MR) is 176 cm³/mol. The van der Waals surface area contributed by atoms with Crippen molar-refractivity contribution in [3.63, 3.8) is 0 Å². The van der Waals surface area contributed by atoms with Crippen LogP contribution >= 0.6 is 0 Å². The Morgan fingerprint density at radius 2 is 1.68 bits per heavy atom. The van der Waals surface area contributed by atoms with Gasteiger partial charge in [-0.25, -0.2) is 14.8 Å². The number of unbranched alkanes of at least 4 members (excludes halogenated alkanes) is 3. The zero-order valence-electron chi connectivity index (χ0n) is 27.0. The van der Waals surface area contributed by atoms with Crippen molar-refractivity contribution in [3.05, 3.63) is 94.8 Å². The number of carbonyl (C=O) groups is 4. The highest BCUT2D eigenvalue weighted by Crippen LogP contribution is 2.22. The Hall–Kier alpha value is -5.39. The number of pyridine rings is 1. The topological polar surface area (TPSA) is 150 Å². The number of nitrogens with one attached hydrogen (secondary N) is 1. The van der Waals surface area contributed by atoms with Crippen LogP contribution in [0.1, 0.15) is 53.4 Å². The minimum atomic E-state index is -0.847. The summed E-state index contributed by atoms with van der Waals surface area (Å²) in [4.78, 5) is 76.0. The maximum Gasteiger partial charge on any atom is 0.412 e. The van der Waals surface area contributed by atoms with Crippen molar-refractivity contribution in [2.24, 2.45) is 0 Å². The summed E-state index contributed by atoms with van der Waals surface area (Å²) in [7, 11) is 0. The second-order valence-electron chi connectivity index (χ2n) is 11.9. The average Bonchev–Trinajstić information content (AvgIpc) is 3.03. The molecular formula is C35H39N5O7. The number of aromatic nitrogens is 3. The monoisotopic (exact) mass is 641 g/mol. The molecule has 0 atom stereocenters. The second kappa shape index (κ2) is 15.7. The summed E-state index contributed by atoms with van der Waals surface area (Å²) < 4.78 is 12.3. The molecule has 1 aliphatic rings. The van der Waals surface area contributed by atoms with Crippen LogP contribution in [0.25, 0.3) is 11.4 Å². The standard InChI is InChI=1S/C35H39N5O7/c1-5-6-7-13-20-39(22-25-28(18-17-27(41)31(25)43)46-29-16-11-12-19-36-29)30(42)23-40-32(24-14-9-8-10-15-24)37-21-26(33(40)44)38-34(45)47-35(2,3)4/h8-12,14-19,21H,5-7,13,20,22-23H2,1-4H3,(H,38,45). The molecule has 47 heavy (non-hydrogen) atoms. The molecule has 0 spiro atoms. The molecule has 0 bridgehead atoms. The number of rotatable bonds is 13. The van der Waals surface area contributed by atoms with E-state index in [-0.39, 0.29) is 41.8 Å². The zero-order chi connectivity index (χ0) is 34.0. The fraction of sp³-hybridized carbons (Fsp3) is 0.343. The molecule has 12 nitrogen and oxygen atoms in total.